The van der Waals surface area contributed by atoms with Gasteiger partial charge in [-0.1, -0.05) is 72.8 Å². The number of carbonyl (C=O) groups excluding carboxylic acids is 1. The van der Waals surface area contributed by atoms with Crippen LogP contribution in [0.15, 0.2) is 91.0 Å². The first-order valence-electron chi connectivity index (χ1n) is 8.45. The van der Waals surface area contributed by atoms with Gasteiger partial charge in [0, 0.05) is 6.08 Å². The second kappa shape index (κ2) is 9.23. The third kappa shape index (κ3) is 5.64. The SMILES string of the molecule is O=C(C=Cc1ccc(OCc2ccccc2)cc1)OCc1ccccc1. The standard InChI is InChI=1S/C23H20O3/c24-23(26-18-21-9-5-2-6-10-21)16-13-19-11-14-22(15-12-19)25-17-20-7-3-1-4-8-20/h1-16H,17-18H2. The highest BCUT2D eigenvalue weighted by atomic mass is 16.5. The maximum absolute atomic E-state index is 11.8. The predicted molar refractivity (Wildman–Crippen MR) is 102 cm³/mol. The molecule has 0 heterocycles. The molecular formula is C23H20O3. The summed E-state index contributed by atoms with van der Waals surface area (Å²) in [5.41, 5.74) is 3.00. The van der Waals surface area contributed by atoms with Crippen LogP contribution in [0.25, 0.3) is 6.08 Å². The van der Waals surface area contributed by atoms with Gasteiger partial charge in [0.05, 0.1) is 0 Å². The largest absolute Gasteiger partial charge is 0.489 e. The lowest BCUT2D eigenvalue weighted by atomic mass is 10.2. The Bertz CT molecular complexity index is 838. The Labute approximate surface area is 153 Å². The van der Waals surface area contributed by atoms with Crippen LogP contribution in [0.5, 0.6) is 5.75 Å². The van der Waals surface area contributed by atoms with Gasteiger partial charge in [0.25, 0.3) is 0 Å². The molecule has 0 N–H and O–H groups in total. The van der Waals surface area contributed by atoms with Gasteiger partial charge in [-0.2, -0.15) is 0 Å². The molecule has 3 nitrogen and oxygen atoms in total. The van der Waals surface area contributed by atoms with Gasteiger partial charge in [0.1, 0.15) is 19.0 Å². The van der Waals surface area contributed by atoms with Crippen LogP contribution >= 0.6 is 0 Å². The van der Waals surface area contributed by atoms with Gasteiger partial charge in [-0.25, -0.2) is 4.79 Å². The lowest BCUT2D eigenvalue weighted by Gasteiger charge is -2.06. The molecule has 3 heteroatoms. The van der Waals surface area contributed by atoms with Gasteiger partial charge in [-0.15, -0.1) is 0 Å². The number of benzene rings is 3. The summed E-state index contributed by atoms with van der Waals surface area (Å²) in [6.07, 6.45) is 3.16. The summed E-state index contributed by atoms with van der Waals surface area (Å²) in [5, 5.41) is 0. The van der Waals surface area contributed by atoms with Gasteiger partial charge in [0.15, 0.2) is 0 Å². The van der Waals surface area contributed by atoms with Crippen LogP contribution < -0.4 is 4.74 Å². The highest BCUT2D eigenvalue weighted by Gasteiger charge is 1.99. The van der Waals surface area contributed by atoms with E-state index in [-0.39, 0.29) is 12.6 Å². The maximum Gasteiger partial charge on any atom is 0.331 e. The van der Waals surface area contributed by atoms with Crippen LogP contribution in [-0.2, 0) is 22.7 Å². The zero-order valence-corrected chi connectivity index (χ0v) is 14.4. The number of rotatable bonds is 7. The van der Waals surface area contributed by atoms with Crippen molar-refractivity contribution >= 4 is 12.0 Å². The Hall–Kier alpha value is -3.33. The highest BCUT2D eigenvalue weighted by Crippen LogP contribution is 2.15. The van der Waals surface area contributed by atoms with Crippen molar-refractivity contribution in [2.24, 2.45) is 0 Å². The molecule has 0 amide bonds. The molecule has 0 aliphatic carbocycles. The number of ether oxygens (including phenoxy) is 2. The van der Waals surface area contributed by atoms with E-state index in [0.717, 1.165) is 22.4 Å². The Kier molecular flexibility index (Phi) is 6.21. The van der Waals surface area contributed by atoms with Gasteiger partial charge in [0.2, 0.25) is 0 Å². The predicted octanol–water partition coefficient (Wildman–Crippen LogP) is 5.02. The molecule has 0 bridgehead atoms. The van der Waals surface area contributed by atoms with Crippen molar-refractivity contribution in [3.8, 4) is 5.75 Å². The molecule has 0 unspecified atom stereocenters. The van der Waals surface area contributed by atoms with Crippen molar-refractivity contribution in [1.82, 2.24) is 0 Å². The number of carbonyl (C=O) groups is 1. The van der Waals surface area contributed by atoms with Crippen LogP contribution in [0.4, 0.5) is 0 Å². The summed E-state index contributed by atoms with van der Waals surface area (Å²) in [7, 11) is 0. The van der Waals surface area contributed by atoms with E-state index in [1.807, 2.05) is 84.9 Å². The molecule has 0 spiro atoms. The molecule has 0 saturated carbocycles. The second-order valence-corrected chi connectivity index (χ2v) is 5.77. The fourth-order valence-corrected chi connectivity index (χ4v) is 2.36. The summed E-state index contributed by atoms with van der Waals surface area (Å²) >= 11 is 0. The summed E-state index contributed by atoms with van der Waals surface area (Å²) in [5.74, 6) is 0.427. The van der Waals surface area contributed by atoms with Crippen molar-refractivity contribution in [3.63, 3.8) is 0 Å². The molecular weight excluding hydrogens is 324 g/mol. The Morgan fingerprint density at radius 1 is 0.731 bits per heavy atom. The molecule has 0 aromatic heterocycles. The molecule has 0 saturated heterocycles. The normalized spacial score (nSPS) is 10.6. The number of hydrogen-bond acceptors (Lipinski definition) is 3. The van der Waals surface area contributed by atoms with Crippen LogP contribution in [0, 0.1) is 0 Å². The third-order valence-electron chi connectivity index (χ3n) is 3.76. The van der Waals surface area contributed by atoms with Crippen LogP contribution in [0.1, 0.15) is 16.7 Å². The summed E-state index contributed by atoms with van der Waals surface area (Å²) in [6, 6.07) is 27.2. The van der Waals surface area contributed by atoms with Crippen LogP contribution in [0.2, 0.25) is 0 Å². The third-order valence-corrected chi connectivity index (χ3v) is 3.76. The van der Waals surface area contributed by atoms with Gasteiger partial charge < -0.3 is 9.47 Å². The Morgan fingerprint density at radius 3 is 1.92 bits per heavy atom. The van der Waals surface area contributed by atoms with Crippen LogP contribution in [0.3, 0.4) is 0 Å². The Morgan fingerprint density at radius 2 is 1.31 bits per heavy atom. The topological polar surface area (TPSA) is 35.5 Å². The molecule has 3 aromatic rings. The minimum Gasteiger partial charge on any atom is -0.489 e. The van der Waals surface area contributed by atoms with Crippen LogP contribution in [-0.4, -0.2) is 5.97 Å². The average Bonchev–Trinajstić information content (AvgIpc) is 2.71. The van der Waals surface area contributed by atoms with E-state index in [1.54, 1.807) is 6.08 Å². The number of hydrogen-bond donors (Lipinski definition) is 0. The quantitative estimate of drug-likeness (QED) is 0.446. The van der Waals surface area contributed by atoms with Gasteiger partial charge >= 0.3 is 5.97 Å². The summed E-state index contributed by atoms with van der Waals surface area (Å²) in [4.78, 5) is 11.8. The minimum atomic E-state index is -0.363. The van der Waals surface area contributed by atoms with Crippen molar-refractivity contribution in [3.05, 3.63) is 108 Å². The van der Waals surface area contributed by atoms with E-state index in [2.05, 4.69) is 0 Å². The first-order valence-corrected chi connectivity index (χ1v) is 8.45. The van der Waals surface area contributed by atoms with E-state index in [4.69, 9.17) is 9.47 Å². The lowest BCUT2D eigenvalue weighted by Crippen LogP contribution is -2.00. The maximum atomic E-state index is 11.8. The van der Waals surface area contributed by atoms with Crippen molar-refractivity contribution < 1.29 is 14.3 Å². The molecule has 0 aliphatic heterocycles. The van der Waals surface area contributed by atoms with Gasteiger partial charge in [-0.3, -0.25) is 0 Å². The first kappa shape index (κ1) is 17.5. The average molecular weight is 344 g/mol. The minimum absolute atomic E-state index is 0.274. The van der Waals surface area contributed by atoms with Gasteiger partial charge in [-0.05, 0) is 34.9 Å². The van der Waals surface area contributed by atoms with Crippen molar-refractivity contribution in [2.75, 3.05) is 0 Å². The molecule has 130 valence electrons. The monoisotopic (exact) mass is 344 g/mol. The zero-order valence-electron chi connectivity index (χ0n) is 14.4. The van der Waals surface area contributed by atoms with E-state index < -0.39 is 0 Å². The Balaban J connectivity index is 1.47. The molecule has 3 aromatic carbocycles. The fourth-order valence-electron chi connectivity index (χ4n) is 2.36. The summed E-state index contributed by atoms with van der Waals surface area (Å²) in [6.45, 7) is 0.804. The summed E-state index contributed by atoms with van der Waals surface area (Å²) < 4.78 is 11.0. The van der Waals surface area contributed by atoms with Crippen molar-refractivity contribution in [1.29, 1.82) is 0 Å². The highest BCUT2D eigenvalue weighted by molar-refractivity contribution is 5.87. The van der Waals surface area contributed by atoms with E-state index in [9.17, 15) is 4.79 Å². The molecule has 0 atom stereocenters. The first-order chi connectivity index (χ1) is 12.8. The smallest absolute Gasteiger partial charge is 0.331 e. The zero-order chi connectivity index (χ0) is 18.0. The number of esters is 1. The van der Waals surface area contributed by atoms with E-state index >= 15 is 0 Å². The second-order valence-electron chi connectivity index (χ2n) is 5.77. The molecule has 0 aliphatic rings. The molecule has 26 heavy (non-hydrogen) atoms. The molecule has 0 radical (unpaired) electrons. The molecule has 3 rings (SSSR count). The van der Waals surface area contributed by atoms with Crippen molar-refractivity contribution in [2.45, 2.75) is 13.2 Å². The van der Waals surface area contributed by atoms with E-state index in [1.165, 1.54) is 6.08 Å². The lowest BCUT2D eigenvalue weighted by molar-refractivity contribution is -0.138. The van der Waals surface area contributed by atoms with E-state index in [0.29, 0.717) is 6.61 Å². The molecule has 0 fully saturated rings. The fraction of sp³-hybridized carbons (Fsp3) is 0.0870.